The maximum atomic E-state index is 12.7. The molecule has 0 atom stereocenters. The van der Waals surface area contributed by atoms with E-state index in [9.17, 15) is 31.1 Å². The largest absolute Gasteiger partial charge is 0.352 e. The van der Waals surface area contributed by atoms with Gasteiger partial charge in [0.2, 0.25) is 24.2 Å². The average molecular weight is 496 g/mol. The van der Waals surface area contributed by atoms with Gasteiger partial charge in [0.25, 0.3) is 0 Å². The van der Waals surface area contributed by atoms with Crippen molar-refractivity contribution in [2.75, 3.05) is 0 Å². The van der Waals surface area contributed by atoms with Crippen LogP contribution in [0.3, 0.4) is 0 Å². The van der Waals surface area contributed by atoms with Crippen LogP contribution in [-0.2, 0) is 17.9 Å². The van der Waals surface area contributed by atoms with Gasteiger partial charge in [-0.05, 0) is 37.3 Å². The second-order valence-corrected chi connectivity index (χ2v) is 8.65. The van der Waals surface area contributed by atoms with Gasteiger partial charge in [0.05, 0.1) is 18.1 Å². The fraction of sp³-hybridized carbons (Fsp3) is 0.682. The highest BCUT2D eigenvalue weighted by molar-refractivity contribution is 5.76. The van der Waals surface area contributed by atoms with Crippen LogP contribution in [0.2, 0.25) is 0 Å². The van der Waals surface area contributed by atoms with Gasteiger partial charge in [-0.25, -0.2) is 35.8 Å². The van der Waals surface area contributed by atoms with Crippen molar-refractivity contribution < 1.29 is 31.1 Å². The summed E-state index contributed by atoms with van der Waals surface area (Å²) in [5, 5.41) is 6.91. The lowest BCUT2D eigenvalue weighted by Crippen LogP contribution is -2.38. The van der Waals surface area contributed by atoms with Crippen LogP contribution >= 0.6 is 0 Å². The third-order valence-electron chi connectivity index (χ3n) is 5.36. The molecule has 0 aromatic carbocycles. The minimum atomic E-state index is -2.58. The van der Waals surface area contributed by atoms with Crippen molar-refractivity contribution in [3.63, 3.8) is 0 Å². The van der Waals surface area contributed by atoms with Crippen molar-refractivity contribution in [1.29, 1.82) is 0 Å². The Morgan fingerprint density at radius 3 is 2.29 bits per heavy atom. The quantitative estimate of drug-likeness (QED) is 0.566. The first-order chi connectivity index (χ1) is 15.9. The lowest BCUT2D eigenvalue weighted by Gasteiger charge is -2.34. The Balaban J connectivity index is 0.000000281. The smallest absolute Gasteiger partial charge is 0.248 e. The van der Waals surface area contributed by atoms with E-state index in [4.69, 9.17) is 5.73 Å². The van der Waals surface area contributed by atoms with E-state index in [1.165, 1.54) is 0 Å². The second kappa shape index (κ2) is 12.4. The molecular formula is C22H31F6N5O. The number of rotatable bonds is 5. The van der Waals surface area contributed by atoms with E-state index >= 15 is 0 Å². The molecule has 3 N–H and O–H groups in total. The van der Waals surface area contributed by atoms with Crippen molar-refractivity contribution in [2.45, 2.75) is 89.7 Å². The minimum Gasteiger partial charge on any atom is -0.352 e. The molecule has 2 aliphatic carbocycles. The van der Waals surface area contributed by atoms with E-state index in [-0.39, 0.29) is 43.9 Å². The Morgan fingerprint density at radius 1 is 1.18 bits per heavy atom. The van der Waals surface area contributed by atoms with Gasteiger partial charge in [0.15, 0.2) is 5.65 Å². The van der Waals surface area contributed by atoms with E-state index in [0.29, 0.717) is 31.6 Å². The maximum absolute atomic E-state index is 12.7. The van der Waals surface area contributed by atoms with Crippen LogP contribution in [0.15, 0.2) is 18.5 Å². The summed E-state index contributed by atoms with van der Waals surface area (Å²) in [6.45, 7) is 1.47. The first kappa shape index (κ1) is 27.9. The summed E-state index contributed by atoms with van der Waals surface area (Å²) in [6, 6.07) is 1.81. The monoisotopic (exact) mass is 495 g/mol. The van der Waals surface area contributed by atoms with Gasteiger partial charge in [0, 0.05) is 45.2 Å². The number of imidazole rings is 1. The molecule has 0 spiro atoms. The van der Waals surface area contributed by atoms with E-state index < -0.39 is 18.3 Å². The Kier molecular flexibility index (Phi) is 10.1. The molecule has 0 radical (unpaired) electrons. The fourth-order valence-corrected chi connectivity index (χ4v) is 3.69. The van der Waals surface area contributed by atoms with Gasteiger partial charge in [-0.15, -0.1) is 0 Å². The molecule has 2 fully saturated rings. The fourth-order valence-electron chi connectivity index (χ4n) is 3.69. The number of carbonyl (C=O) groups is 1. The number of hydrogen-bond donors (Lipinski definition) is 2. The standard InChI is InChI=1S/C14H17F2N5O.C6H10F2.C2H4F2/c15-14(16)3-9(4-14)2-13(22)18-6-10-1-12-20-11(5-17)8-21(12)19-7-10;7-6(8)4-2-1-3-5-6;1-2(3)4/h1,7-9H,2-6,17H2,(H,18,22);1-5H2;2H,1H3. The molecule has 34 heavy (non-hydrogen) atoms. The molecule has 0 aliphatic heterocycles. The predicted octanol–water partition coefficient (Wildman–Crippen LogP) is 5.10. The van der Waals surface area contributed by atoms with Crippen molar-refractivity contribution in [3.05, 3.63) is 29.7 Å². The van der Waals surface area contributed by atoms with Crippen molar-refractivity contribution in [3.8, 4) is 0 Å². The van der Waals surface area contributed by atoms with Crippen LogP contribution in [0, 0.1) is 5.92 Å². The van der Waals surface area contributed by atoms with Gasteiger partial charge < -0.3 is 11.1 Å². The lowest BCUT2D eigenvalue weighted by molar-refractivity contribution is -0.133. The molecule has 192 valence electrons. The van der Waals surface area contributed by atoms with Crippen molar-refractivity contribution >= 4 is 11.6 Å². The maximum Gasteiger partial charge on any atom is 0.248 e. The van der Waals surface area contributed by atoms with E-state index in [1.54, 1.807) is 16.9 Å². The molecule has 2 heterocycles. The van der Waals surface area contributed by atoms with E-state index in [2.05, 4.69) is 15.4 Å². The highest BCUT2D eigenvalue weighted by atomic mass is 19.3. The normalized spacial score (nSPS) is 18.9. The van der Waals surface area contributed by atoms with E-state index in [0.717, 1.165) is 24.6 Å². The number of hydrogen-bond acceptors (Lipinski definition) is 4. The topological polar surface area (TPSA) is 85.3 Å². The number of amides is 1. The highest BCUT2D eigenvalue weighted by Crippen LogP contribution is 2.43. The molecule has 0 saturated heterocycles. The van der Waals surface area contributed by atoms with Crippen LogP contribution < -0.4 is 11.1 Å². The number of fused-ring (bicyclic) bond motifs is 1. The summed E-state index contributed by atoms with van der Waals surface area (Å²) >= 11 is 0. The molecule has 12 heteroatoms. The van der Waals surface area contributed by atoms with Gasteiger partial charge in [0.1, 0.15) is 0 Å². The molecule has 2 saturated carbocycles. The van der Waals surface area contributed by atoms with Gasteiger partial charge in [-0.2, -0.15) is 5.10 Å². The number of aromatic nitrogens is 3. The zero-order valence-corrected chi connectivity index (χ0v) is 19.1. The number of alkyl halides is 6. The second-order valence-electron chi connectivity index (χ2n) is 8.65. The molecule has 2 aromatic heterocycles. The Labute approximate surface area is 194 Å². The van der Waals surface area contributed by atoms with Crippen LogP contribution in [0.1, 0.15) is 69.5 Å². The molecule has 0 unspecified atom stereocenters. The molecule has 1 amide bonds. The third-order valence-corrected chi connectivity index (χ3v) is 5.36. The molecular weight excluding hydrogens is 464 g/mol. The number of carbonyl (C=O) groups excluding carboxylic acids is 1. The zero-order chi connectivity index (χ0) is 25.4. The molecule has 0 bridgehead atoms. The Bertz CT molecular complexity index is 902. The number of halogens is 6. The minimum absolute atomic E-state index is 0.118. The first-order valence-electron chi connectivity index (χ1n) is 11.2. The Morgan fingerprint density at radius 2 is 1.79 bits per heavy atom. The van der Waals surface area contributed by atoms with Crippen molar-refractivity contribution in [1.82, 2.24) is 19.9 Å². The van der Waals surface area contributed by atoms with Crippen LogP contribution in [0.25, 0.3) is 5.65 Å². The van der Waals surface area contributed by atoms with Crippen LogP contribution in [0.4, 0.5) is 26.3 Å². The summed E-state index contributed by atoms with van der Waals surface area (Å²) in [5.74, 6) is -5.33. The molecule has 2 aromatic rings. The number of nitrogens with one attached hydrogen (secondary N) is 1. The summed E-state index contributed by atoms with van der Waals surface area (Å²) in [5.41, 5.74) is 7.71. The summed E-state index contributed by atoms with van der Waals surface area (Å²) in [6.07, 6.45) is 3.64. The van der Waals surface area contributed by atoms with Crippen molar-refractivity contribution in [2.24, 2.45) is 11.7 Å². The Hall–Kier alpha value is -2.37. The average Bonchev–Trinajstić information content (AvgIpc) is 3.13. The summed E-state index contributed by atoms with van der Waals surface area (Å²) in [7, 11) is 0. The van der Waals surface area contributed by atoms with Gasteiger partial charge >= 0.3 is 0 Å². The SMILES string of the molecule is CC(F)F.FC1(F)CCCCC1.NCc1cn2ncc(CNC(=O)CC3CC(F)(F)C3)cc2n1. The number of nitrogens with two attached hydrogens (primary N) is 1. The molecule has 4 rings (SSSR count). The lowest BCUT2D eigenvalue weighted by atomic mass is 9.79. The van der Waals surface area contributed by atoms with Gasteiger partial charge in [-0.3, -0.25) is 4.79 Å². The first-order valence-corrected chi connectivity index (χ1v) is 11.2. The number of nitrogens with zero attached hydrogens (tertiary/aromatic N) is 3. The summed E-state index contributed by atoms with van der Waals surface area (Å²) < 4.78 is 72.1. The zero-order valence-electron chi connectivity index (χ0n) is 19.1. The third kappa shape index (κ3) is 9.86. The van der Waals surface area contributed by atoms with Gasteiger partial charge in [-0.1, -0.05) is 6.42 Å². The molecule has 6 nitrogen and oxygen atoms in total. The highest BCUT2D eigenvalue weighted by Gasteiger charge is 2.45. The van der Waals surface area contributed by atoms with Crippen LogP contribution in [0.5, 0.6) is 0 Å². The summed E-state index contributed by atoms with van der Waals surface area (Å²) in [4.78, 5) is 16.0. The van der Waals surface area contributed by atoms with Crippen LogP contribution in [-0.4, -0.2) is 38.8 Å². The molecule has 2 aliphatic rings. The predicted molar refractivity (Wildman–Crippen MR) is 115 cm³/mol. The van der Waals surface area contributed by atoms with E-state index in [1.807, 2.05) is 6.07 Å².